The Morgan fingerprint density at radius 2 is 1.67 bits per heavy atom. The van der Waals surface area contributed by atoms with Gasteiger partial charge in [0.25, 0.3) is 5.56 Å². The second kappa shape index (κ2) is 10.0. The van der Waals surface area contributed by atoms with E-state index in [1.165, 1.54) is 11.3 Å². The molecular formula is C32H27N3O3S. The van der Waals surface area contributed by atoms with Crippen molar-refractivity contribution >= 4 is 40.0 Å². The molecule has 0 N–H and O–H groups in total. The van der Waals surface area contributed by atoms with Gasteiger partial charge in [0.1, 0.15) is 0 Å². The minimum Gasteiger partial charge on any atom is -0.463 e. The zero-order chi connectivity index (χ0) is 27.1. The molecule has 0 unspecified atom stereocenters. The molecule has 0 radical (unpaired) electrons. The van der Waals surface area contributed by atoms with E-state index < -0.39 is 12.0 Å². The Bertz CT molecular complexity index is 1930. The number of esters is 1. The molecule has 0 spiro atoms. The molecule has 1 atom stereocenters. The van der Waals surface area contributed by atoms with Crippen LogP contribution in [0.25, 0.3) is 22.7 Å². The van der Waals surface area contributed by atoms with Gasteiger partial charge in [0.2, 0.25) is 0 Å². The molecule has 7 heteroatoms. The first-order chi connectivity index (χ1) is 19.0. The van der Waals surface area contributed by atoms with Gasteiger partial charge in [0.05, 0.1) is 28.5 Å². The molecule has 0 aliphatic carbocycles. The van der Waals surface area contributed by atoms with Gasteiger partial charge in [-0.15, -0.1) is 0 Å². The normalized spacial score (nSPS) is 15.4. The van der Waals surface area contributed by atoms with Crippen LogP contribution < -0.4 is 14.9 Å². The average Bonchev–Trinajstić information content (AvgIpc) is 3.41. The van der Waals surface area contributed by atoms with Crippen molar-refractivity contribution in [2.75, 3.05) is 6.61 Å². The van der Waals surface area contributed by atoms with Crippen LogP contribution in [-0.2, 0) is 16.6 Å². The third-order valence-electron chi connectivity index (χ3n) is 7.21. The van der Waals surface area contributed by atoms with Gasteiger partial charge in [-0.05, 0) is 31.6 Å². The molecule has 0 bridgehead atoms. The highest BCUT2D eigenvalue weighted by atomic mass is 32.1. The molecule has 6 nitrogen and oxygen atoms in total. The Balaban J connectivity index is 1.67. The van der Waals surface area contributed by atoms with Crippen molar-refractivity contribution in [1.82, 2.24) is 9.13 Å². The number of rotatable bonds is 5. The van der Waals surface area contributed by atoms with Gasteiger partial charge < -0.3 is 9.30 Å². The maximum atomic E-state index is 14.1. The summed E-state index contributed by atoms with van der Waals surface area (Å²) in [5, 5.41) is 1.08. The summed E-state index contributed by atoms with van der Waals surface area (Å²) in [6.45, 7) is 4.05. The zero-order valence-electron chi connectivity index (χ0n) is 21.9. The average molecular weight is 534 g/mol. The number of fused-ring (bicyclic) bond motifs is 2. The number of thiazole rings is 1. The zero-order valence-corrected chi connectivity index (χ0v) is 22.7. The third-order valence-corrected chi connectivity index (χ3v) is 8.20. The van der Waals surface area contributed by atoms with E-state index in [0.717, 1.165) is 33.3 Å². The topological polar surface area (TPSA) is 65.6 Å². The van der Waals surface area contributed by atoms with Crippen LogP contribution in [0.4, 0.5) is 0 Å². The molecule has 1 aliphatic heterocycles. The maximum absolute atomic E-state index is 14.1. The van der Waals surface area contributed by atoms with Gasteiger partial charge in [-0.25, -0.2) is 9.79 Å². The van der Waals surface area contributed by atoms with Crippen molar-refractivity contribution < 1.29 is 9.53 Å². The standard InChI is InChI=1S/C32H27N3O3S/c1-4-38-31(37)27-28(21-13-7-5-8-14-21)33-32-35(29(27)22-15-9-6-10-16-22)30(36)26(39-32)19-24-20(2)34(3)25-18-12-11-17-23(24)25/h5-19,29H,4H2,1-3H3/b26-19-/t29-/m0/s1. The van der Waals surface area contributed by atoms with Gasteiger partial charge in [-0.2, -0.15) is 0 Å². The Morgan fingerprint density at radius 3 is 2.38 bits per heavy atom. The summed E-state index contributed by atoms with van der Waals surface area (Å²) in [7, 11) is 2.03. The number of para-hydroxylation sites is 1. The Kier molecular flexibility index (Phi) is 6.37. The lowest BCUT2D eigenvalue weighted by Crippen LogP contribution is -2.40. The number of carbonyl (C=O) groups excluding carboxylic acids is 1. The van der Waals surface area contributed by atoms with Crippen LogP contribution in [0.15, 0.2) is 100 Å². The monoisotopic (exact) mass is 533 g/mol. The molecule has 3 aromatic carbocycles. The van der Waals surface area contributed by atoms with E-state index in [-0.39, 0.29) is 12.2 Å². The second-order valence-corrected chi connectivity index (χ2v) is 10.4. The van der Waals surface area contributed by atoms with Crippen LogP contribution in [0.3, 0.4) is 0 Å². The van der Waals surface area contributed by atoms with E-state index >= 15 is 0 Å². The molecule has 5 aromatic rings. The smallest absolute Gasteiger partial charge is 0.338 e. The number of aryl methyl sites for hydroxylation is 1. The highest BCUT2D eigenvalue weighted by Crippen LogP contribution is 2.35. The maximum Gasteiger partial charge on any atom is 0.338 e. The third kappa shape index (κ3) is 4.15. The fourth-order valence-electron chi connectivity index (χ4n) is 5.25. The van der Waals surface area contributed by atoms with Crippen LogP contribution in [0.1, 0.15) is 35.3 Å². The van der Waals surface area contributed by atoms with Gasteiger partial charge in [-0.3, -0.25) is 9.36 Å². The molecule has 194 valence electrons. The first kappa shape index (κ1) is 24.8. The molecule has 3 heterocycles. The number of hydrogen-bond donors (Lipinski definition) is 0. The molecule has 2 aromatic heterocycles. The Morgan fingerprint density at radius 1 is 1.00 bits per heavy atom. The summed E-state index contributed by atoms with van der Waals surface area (Å²) in [6, 6.07) is 26.7. The number of hydrogen-bond acceptors (Lipinski definition) is 5. The molecule has 1 aliphatic rings. The molecule has 0 saturated carbocycles. The summed E-state index contributed by atoms with van der Waals surface area (Å²) in [4.78, 5) is 33.1. The molecule has 0 saturated heterocycles. The number of benzene rings is 3. The molecule has 0 amide bonds. The fourth-order valence-corrected chi connectivity index (χ4v) is 6.24. The van der Waals surface area contributed by atoms with E-state index in [4.69, 9.17) is 9.73 Å². The minimum atomic E-state index is -0.674. The molecule has 39 heavy (non-hydrogen) atoms. The van der Waals surface area contributed by atoms with Crippen molar-refractivity contribution in [2.45, 2.75) is 19.9 Å². The summed E-state index contributed by atoms with van der Waals surface area (Å²) in [6.07, 6.45) is 1.96. The van der Waals surface area contributed by atoms with Gasteiger partial charge in [0.15, 0.2) is 4.80 Å². The van der Waals surface area contributed by atoms with E-state index in [9.17, 15) is 9.59 Å². The lowest BCUT2D eigenvalue weighted by molar-refractivity contribution is -0.138. The minimum absolute atomic E-state index is 0.186. The quantitative estimate of drug-likeness (QED) is 0.307. The summed E-state index contributed by atoms with van der Waals surface area (Å²) < 4.78 is 9.87. The van der Waals surface area contributed by atoms with Crippen LogP contribution >= 0.6 is 11.3 Å². The SMILES string of the molecule is CCOC(=O)C1=C(c2ccccc2)N=c2s/c(=C\c3c(C)n(C)c4ccccc34)c(=O)n2[C@H]1c1ccccc1. The van der Waals surface area contributed by atoms with Crippen LogP contribution in [-0.4, -0.2) is 21.7 Å². The highest BCUT2D eigenvalue weighted by Gasteiger charge is 2.35. The summed E-state index contributed by atoms with van der Waals surface area (Å²) in [5.74, 6) is -0.479. The summed E-state index contributed by atoms with van der Waals surface area (Å²) in [5.41, 5.74) is 5.48. The lowest BCUT2D eigenvalue weighted by Gasteiger charge is -2.25. The second-order valence-electron chi connectivity index (χ2n) is 9.42. The van der Waals surface area contributed by atoms with Gasteiger partial charge >= 0.3 is 5.97 Å². The first-order valence-corrected chi connectivity index (χ1v) is 13.7. The first-order valence-electron chi connectivity index (χ1n) is 12.9. The van der Waals surface area contributed by atoms with E-state index in [1.54, 1.807) is 11.5 Å². The van der Waals surface area contributed by atoms with Crippen LogP contribution in [0, 0.1) is 6.92 Å². The van der Waals surface area contributed by atoms with Gasteiger partial charge in [-0.1, -0.05) is 90.2 Å². The largest absolute Gasteiger partial charge is 0.463 e. The highest BCUT2D eigenvalue weighted by molar-refractivity contribution is 7.07. The van der Waals surface area contributed by atoms with Gasteiger partial charge in [0, 0.05) is 34.8 Å². The van der Waals surface area contributed by atoms with Crippen LogP contribution in [0.5, 0.6) is 0 Å². The number of nitrogens with zero attached hydrogens (tertiary/aromatic N) is 3. The van der Waals surface area contributed by atoms with Crippen LogP contribution in [0.2, 0.25) is 0 Å². The number of carbonyl (C=O) groups is 1. The van der Waals surface area contributed by atoms with Crippen molar-refractivity contribution in [1.29, 1.82) is 0 Å². The number of aromatic nitrogens is 2. The van der Waals surface area contributed by atoms with Crippen molar-refractivity contribution in [2.24, 2.45) is 12.0 Å². The lowest BCUT2D eigenvalue weighted by atomic mass is 9.93. The molecule has 6 rings (SSSR count). The predicted octanol–water partition coefficient (Wildman–Crippen LogP) is 4.74. The fraction of sp³-hybridized carbons (Fsp3) is 0.156. The van der Waals surface area contributed by atoms with Crippen molar-refractivity contribution in [3.8, 4) is 0 Å². The van der Waals surface area contributed by atoms with E-state index in [1.807, 2.05) is 85.9 Å². The Hall–Kier alpha value is -4.49. The predicted molar refractivity (Wildman–Crippen MR) is 155 cm³/mol. The van der Waals surface area contributed by atoms with Crippen molar-refractivity contribution in [3.05, 3.63) is 133 Å². The van der Waals surface area contributed by atoms with E-state index in [2.05, 4.69) is 23.6 Å². The van der Waals surface area contributed by atoms with E-state index in [0.29, 0.717) is 20.6 Å². The number of ether oxygens (including phenoxy) is 1. The van der Waals surface area contributed by atoms with Crippen molar-refractivity contribution in [3.63, 3.8) is 0 Å². The summed E-state index contributed by atoms with van der Waals surface area (Å²) >= 11 is 1.34. The molecular weight excluding hydrogens is 506 g/mol. The molecule has 0 fully saturated rings. The Labute approximate surface area is 229 Å².